The molecule has 1 aromatic rings. The normalized spacial score (nSPS) is 16.1. The van der Waals surface area contributed by atoms with E-state index in [2.05, 4.69) is 5.32 Å². The number of nitrogens with one attached hydrogen (secondary N) is 1. The summed E-state index contributed by atoms with van der Waals surface area (Å²) < 4.78 is 5.63. The quantitative estimate of drug-likeness (QED) is 0.788. The predicted octanol–water partition coefficient (Wildman–Crippen LogP) is 4.29. The van der Waals surface area contributed by atoms with E-state index in [1.165, 1.54) is 25.7 Å². The summed E-state index contributed by atoms with van der Waals surface area (Å²) in [6.45, 7) is 1.67. The van der Waals surface area contributed by atoms with E-state index in [1.807, 2.05) is 12.1 Å². The van der Waals surface area contributed by atoms with Crippen LogP contribution in [0.15, 0.2) is 18.2 Å². The summed E-state index contributed by atoms with van der Waals surface area (Å²) in [5.41, 5.74) is 0. The molecule has 1 saturated carbocycles. The van der Waals surface area contributed by atoms with Gasteiger partial charge < -0.3 is 10.1 Å². The summed E-state index contributed by atoms with van der Waals surface area (Å²) in [5, 5.41) is 4.60. The van der Waals surface area contributed by atoms with Gasteiger partial charge in [0.15, 0.2) is 0 Å². The summed E-state index contributed by atoms with van der Waals surface area (Å²) in [6.07, 6.45) is 6.36. The molecule has 1 aliphatic rings. The maximum atomic E-state index is 6.04. The number of ether oxygens (including phenoxy) is 1. The van der Waals surface area contributed by atoms with Crippen molar-refractivity contribution in [2.45, 2.75) is 38.1 Å². The van der Waals surface area contributed by atoms with Gasteiger partial charge in [0.25, 0.3) is 0 Å². The fourth-order valence-corrected chi connectivity index (χ4v) is 2.63. The average Bonchev–Trinajstić information content (AvgIpc) is 2.87. The summed E-state index contributed by atoms with van der Waals surface area (Å²) in [5.74, 6) is 0.671. The van der Waals surface area contributed by atoms with E-state index >= 15 is 0 Å². The lowest BCUT2D eigenvalue weighted by Crippen LogP contribution is -2.27. The first kappa shape index (κ1) is 14.0. The third-order valence-corrected chi connectivity index (χ3v) is 4.08. The van der Waals surface area contributed by atoms with Crippen LogP contribution in [0.3, 0.4) is 0 Å². The van der Waals surface area contributed by atoms with Crippen molar-refractivity contribution in [3.8, 4) is 5.75 Å². The molecule has 0 spiro atoms. The Morgan fingerprint density at radius 1 is 1.22 bits per heavy atom. The van der Waals surface area contributed by atoms with Gasteiger partial charge in [0.05, 0.1) is 11.6 Å². The van der Waals surface area contributed by atoms with E-state index in [0.29, 0.717) is 22.4 Å². The molecule has 100 valence electrons. The molecule has 4 heteroatoms. The van der Waals surface area contributed by atoms with Crippen LogP contribution in [0.4, 0.5) is 0 Å². The van der Waals surface area contributed by atoms with E-state index in [0.717, 1.165) is 19.0 Å². The SMILES string of the molecule is Clc1cccc(OCCCNC2CCCC2)c1Cl. The summed E-state index contributed by atoms with van der Waals surface area (Å²) in [7, 11) is 0. The molecule has 0 radical (unpaired) electrons. The van der Waals surface area contributed by atoms with Gasteiger partial charge in [-0.3, -0.25) is 0 Å². The van der Waals surface area contributed by atoms with Gasteiger partial charge in [0.1, 0.15) is 10.8 Å². The highest BCUT2D eigenvalue weighted by atomic mass is 35.5. The zero-order chi connectivity index (χ0) is 12.8. The lowest BCUT2D eigenvalue weighted by atomic mass is 10.2. The number of benzene rings is 1. The van der Waals surface area contributed by atoms with Gasteiger partial charge in [-0.05, 0) is 37.9 Å². The second kappa shape index (κ2) is 7.22. The molecule has 2 nitrogen and oxygen atoms in total. The molecule has 0 saturated heterocycles. The fourth-order valence-electron chi connectivity index (χ4n) is 2.29. The Bertz CT molecular complexity index is 378. The van der Waals surface area contributed by atoms with Gasteiger partial charge in [0.2, 0.25) is 0 Å². The van der Waals surface area contributed by atoms with E-state index < -0.39 is 0 Å². The van der Waals surface area contributed by atoms with Gasteiger partial charge in [-0.2, -0.15) is 0 Å². The van der Waals surface area contributed by atoms with Crippen LogP contribution in [-0.2, 0) is 0 Å². The molecule has 0 amide bonds. The lowest BCUT2D eigenvalue weighted by molar-refractivity contribution is 0.305. The zero-order valence-electron chi connectivity index (χ0n) is 10.4. The minimum Gasteiger partial charge on any atom is -0.492 e. The van der Waals surface area contributed by atoms with Crippen molar-refractivity contribution in [3.63, 3.8) is 0 Å². The van der Waals surface area contributed by atoms with Crippen molar-refractivity contribution in [2.24, 2.45) is 0 Å². The first-order valence-electron chi connectivity index (χ1n) is 6.57. The van der Waals surface area contributed by atoms with Crippen LogP contribution in [0.2, 0.25) is 10.0 Å². The molecule has 18 heavy (non-hydrogen) atoms. The lowest BCUT2D eigenvalue weighted by Gasteiger charge is -2.12. The van der Waals surface area contributed by atoms with Crippen LogP contribution in [0, 0.1) is 0 Å². The van der Waals surface area contributed by atoms with Crippen LogP contribution >= 0.6 is 23.2 Å². The smallest absolute Gasteiger partial charge is 0.139 e. The van der Waals surface area contributed by atoms with Crippen molar-refractivity contribution in [2.75, 3.05) is 13.2 Å². The zero-order valence-corrected chi connectivity index (χ0v) is 11.9. The number of halogens is 2. The van der Waals surface area contributed by atoms with Crippen molar-refractivity contribution >= 4 is 23.2 Å². The molecular formula is C14H19Cl2NO. The first-order chi connectivity index (χ1) is 8.77. The van der Waals surface area contributed by atoms with E-state index in [9.17, 15) is 0 Å². The third kappa shape index (κ3) is 4.04. The average molecular weight is 288 g/mol. The van der Waals surface area contributed by atoms with E-state index in [-0.39, 0.29) is 0 Å². The molecule has 0 atom stereocenters. The van der Waals surface area contributed by atoms with Crippen molar-refractivity contribution in [1.82, 2.24) is 5.32 Å². The van der Waals surface area contributed by atoms with E-state index in [4.69, 9.17) is 27.9 Å². The van der Waals surface area contributed by atoms with E-state index in [1.54, 1.807) is 6.07 Å². The van der Waals surface area contributed by atoms with Crippen LogP contribution in [0.1, 0.15) is 32.1 Å². The molecule has 0 heterocycles. The number of rotatable bonds is 6. The molecule has 0 aliphatic heterocycles. The molecule has 1 fully saturated rings. The first-order valence-corrected chi connectivity index (χ1v) is 7.33. The molecular weight excluding hydrogens is 269 g/mol. The Labute approximate surface area is 119 Å². The highest BCUT2D eigenvalue weighted by molar-refractivity contribution is 6.42. The van der Waals surface area contributed by atoms with Crippen LogP contribution in [0.5, 0.6) is 5.75 Å². The Morgan fingerprint density at radius 3 is 2.78 bits per heavy atom. The van der Waals surface area contributed by atoms with Crippen LogP contribution < -0.4 is 10.1 Å². The maximum Gasteiger partial charge on any atom is 0.139 e. The van der Waals surface area contributed by atoms with Gasteiger partial charge in [-0.1, -0.05) is 42.1 Å². The molecule has 1 aliphatic carbocycles. The predicted molar refractivity (Wildman–Crippen MR) is 76.8 cm³/mol. The molecule has 0 unspecified atom stereocenters. The molecule has 2 rings (SSSR count). The fraction of sp³-hybridized carbons (Fsp3) is 0.571. The molecule has 1 aromatic carbocycles. The third-order valence-electron chi connectivity index (χ3n) is 3.28. The second-order valence-electron chi connectivity index (χ2n) is 4.69. The molecule has 0 bridgehead atoms. The Balaban J connectivity index is 1.64. The summed E-state index contributed by atoms with van der Waals surface area (Å²) in [6, 6.07) is 6.18. The molecule has 0 aromatic heterocycles. The van der Waals surface area contributed by atoms with Gasteiger partial charge in [-0.25, -0.2) is 0 Å². The summed E-state index contributed by atoms with van der Waals surface area (Å²) in [4.78, 5) is 0. The van der Waals surface area contributed by atoms with Gasteiger partial charge in [-0.15, -0.1) is 0 Å². The Morgan fingerprint density at radius 2 is 2.00 bits per heavy atom. The Kier molecular flexibility index (Phi) is 5.61. The van der Waals surface area contributed by atoms with Crippen molar-refractivity contribution in [3.05, 3.63) is 28.2 Å². The minimum atomic E-state index is 0.503. The number of hydrogen-bond acceptors (Lipinski definition) is 2. The van der Waals surface area contributed by atoms with Crippen LogP contribution in [-0.4, -0.2) is 19.2 Å². The highest BCUT2D eigenvalue weighted by Crippen LogP contribution is 2.31. The largest absolute Gasteiger partial charge is 0.492 e. The van der Waals surface area contributed by atoms with Crippen LogP contribution in [0.25, 0.3) is 0 Å². The summed E-state index contributed by atoms with van der Waals surface area (Å²) >= 11 is 12.0. The highest BCUT2D eigenvalue weighted by Gasteiger charge is 2.13. The minimum absolute atomic E-state index is 0.503. The van der Waals surface area contributed by atoms with Gasteiger partial charge >= 0.3 is 0 Å². The monoisotopic (exact) mass is 287 g/mol. The van der Waals surface area contributed by atoms with Crippen molar-refractivity contribution in [1.29, 1.82) is 0 Å². The van der Waals surface area contributed by atoms with Gasteiger partial charge in [0, 0.05) is 6.04 Å². The topological polar surface area (TPSA) is 21.3 Å². The molecule has 1 N–H and O–H groups in total. The second-order valence-corrected chi connectivity index (χ2v) is 5.47. The Hall–Kier alpha value is -0.440. The standard InChI is InChI=1S/C14H19Cl2NO/c15-12-7-3-8-13(14(12)16)18-10-4-9-17-11-5-1-2-6-11/h3,7-8,11,17H,1-2,4-6,9-10H2. The maximum absolute atomic E-state index is 6.04. The number of hydrogen-bond donors (Lipinski definition) is 1. The van der Waals surface area contributed by atoms with Crippen molar-refractivity contribution < 1.29 is 4.74 Å².